The van der Waals surface area contributed by atoms with Gasteiger partial charge in [0.15, 0.2) is 6.61 Å². The van der Waals surface area contributed by atoms with Crippen molar-refractivity contribution in [1.29, 1.82) is 0 Å². The highest BCUT2D eigenvalue weighted by molar-refractivity contribution is 9.10. The van der Waals surface area contributed by atoms with Gasteiger partial charge in [-0.3, -0.25) is 9.59 Å². The molecule has 0 aromatic heterocycles. The summed E-state index contributed by atoms with van der Waals surface area (Å²) in [5.41, 5.74) is 3.11. The van der Waals surface area contributed by atoms with Crippen LogP contribution in [0, 0.1) is 0 Å². The van der Waals surface area contributed by atoms with Crippen LogP contribution >= 0.6 is 31.9 Å². The summed E-state index contributed by atoms with van der Waals surface area (Å²) in [7, 11) is 0. The van der Waals surface area contributed by atoms with E-state index >= 15 is 0 Å². The highest BCUT2D eigenvalue weighted by Gasteiger charge is 2.32. The molecule has 0 radical (unpaired) electrons. The molecule has 1 aliphatic rings. The van der Waals surface area contributed by atoms with Gasteiger partial charge < -0.3 is 15.0 Å². The van der Waals surface area contributed by atoms with Crippen LogP contribution in [-0.4, -0.2) is 35.4 Å². The molecule has 3 aromatic carbocycles. The van der Waals surface area contributed by atoms with Crippen molar-refractivity contribution in [3.05, 3.63) is 98.4 Å². The lowest BCUT2D eigenvalue weighted by Crippen LogP contribution is -2.53. The number of nitrogens with zero attached hydrogens (tertiary/aromatic N) is 1. The number of hydrogen-bond donors (Lipinski definition) is 1. The average molecular weight is 670 g/mol. The fourth-order valence-corrected chi connectivity index (χ4v) is 5.77. The van der Waals surface area contributed by atoms with E-state index in [0.29, 0.717) is 18.7 Å². The second-order valence-electron chi connectivity index (χ2n) is 11.5. The normalized spacial score (nSPS) is 14.5. The number of nitrogens with one attached hydrogen (secondary N) is 1. The Balaban J connectivity index is 1.60. The minimum atomic E-state index is -0.672. The summed E-state index contributed by atoms with van der Waals surface area (Å²) in [4.78, 5) is 29.4. The van der Waals surface area contributed by atoms with Gasteiger partial charge in [0, 0.05) is 23.5 Å². The fourth-order valence-electron chi connectivity index (χ4n) is 5.01. The summed E-state index contributed by atoms with van der Waals surface area (Å²) < 4.78 is 7.80. The number of ether oxygens (including phenoxy) is 1. The maximum atomic E-state index is 13.9. The monoisotopic (exact) mass is 668 g/mol. The highest BCUT2D eigenvalue weighted by atomic mass is 79.9. The Labute approximate surface area is 254 Å². The molecule has 1 N–H and O–H groups in total. The van der Waals surface area contributed by atoms with Crippen LogP contribution < -0.4 is 10.1 Å². The lowest BCUT2D eigenvalue weighted by Gasteiger charge is -2.32. The first kappa shape index (κ1) is 30.3. The maximum Gasteiger partial charge on any atom is 0.261 e. The molecule has 212 valence electrons. The number of carbonyl (C=O) groups is 2. The van der Waals surface area contributed by atoms with E-state index in [1.165, 1.54) is 5.56 Å². The minimum absolute atomic E-state index is 0.00428. The molecule has 40 heavy (non-hydrogen) atoms. The van der Waals surface area contributed by atoms with Crippen molar-refractivity contribution in [2.45, 2.75) is 76.9 Å². The van der Waals surface area contributed by atoms with Gasteiger partial charge in [0.2, 0.25) is 5.91 Å². The zero-order valence-corrected chi connectivity index (χ0v) is 26.6. The Bertz CT molecular complexity index is 1280. The van der Waals surface area contributed by atoms with Crippen molar-refractivity contribution in [2.75, 3.05) is 6.61 Å². The van der Waals surface area contributed by atoms with Crippen LogP contribution in [0.2, 0.25) is 0 Å². The van der Waals surface area contributed by atoms with E-state index in [1.807, 2.05) is 72.8 Å². The van der Waals surface area contributed by atoms with Crippen molar-refractivity contribution < 1.29 is 14.3 Å². The first-order valence-electron chi connectivity index (χ1n) is 13.9. The quantitative estimate of drug-likeness (QED) is 0.242. The third-order valence-electron chi connectivity index (χ3n) is 7.39. The molecule has 4 rings (SSSR count). The van der Waals surface area contributed by atoms with Crippen molar-refractivity contribution >= 4 is 43.7 Å². The van der Waals surface area contributed by atoms with Crippen molar-refractivity contribution in [1.82, 2.24) is 10.2 Å². The molecular formula is C33H38Br2N2O3. The molecule has 3 aromatic rings. The predicted octanol–water partition coefficient (Wildman–Crippen LogP) is 7.59. The molecule has 1 atom stereocenters. The topological polar surface area (TPSA) is 58.6 Å². The van der Waals surface area contributed by atoms with Gasteiger partial charge in [-0.2, -0.15) is 0 Å². The average Bonchev–Trinajstić information content (AvgIpc) is 3.44. The Morgan fingerprint density at radius 3 is 2.25 bits per heavy atom. The molecule has 0 spiro atoms. The fraction of sp³-hybridized carbons (Fsp3) is 0.394. The summed E-state index contributed by atoms with van der Waals surface area (Å²) in [6, 6.07) is 23.2. The Morgan fingerprint density at radius 1 is 0.950 bits per heavy atom. The van der Waals surface area contributed by atoms with Gasteiger partial charge in [-0.25, -0.2) is 0 Å². The molecule has 7 heteroatoms. The lowest BCUT2D eigenvalue weighted by molar-refractivity contribution is -0.143. The number of halogens is 2. The van der Waals surface area contributed by atoms with Crippen molar-refractivity contribution in [3.63, 3.8) is 0 Å². The van der Waals surface area contributed by atoms with E-state index in [1.54, 1.807) is 4.90 Å². The Hall–Kier alpha value is -2.64. The zero-order valence-electron chi connectivity index (χ0n) is 23.5. The zero-order chi connectivity index (χ0) is 28.7. The number of hydrogen-bond acceptors (Lipinski definition) is 3. The third kappa shape index (κ3) is 8.43. The van der Waals surface area contributed by atoms with Gasteiger partial charge in [0.05, 0.1) is 4.47 Å². The lowest BCUT2D eigenvalue weighted by atomic mass is 9.87. The van der Waals surface area contributed by atoms with E-state index in [-0.39, 0.29) is 29.9 Å². The second kappa shape index (κ2) is 13.8. The van der Waals surface area contributed by atoms with E-state index in [2.05, 4.69) is 57.9 Å². The standard InChI is InChI=1S/C33H38Br2N2O3/c1-33(2,3)25-15-18-30(28(35)20-25)40-22-31(38)37(21-24-13-16-26(34)17-14-24)29(19-23-9-5-4-6-10-23)32(39)36-27-11-7-8-12-27/h4-6,9-10,13-18,20,27,29H,7-8,11-12,19,21-22H2,1-3H3,(H,36,39)/t29-/m1/s1. The molecule has 0 unspecified atom stereocenters. The minimum Gasteiger partial charge on any atom is -0.483 e. The molecule has 0 aliphatic heterocycles. The smallest absolute Gasteiger partial charge is 0.261 e. The number of rotatable bonds is 10. The summed E-state index contributed by atoms with van der Waals surface area (Å²) in [6.07, 6.45) is 4.61. The van der Waals surface area contributed by atoms with Crippen molar-refractivity contribution in [2.24, 2.45) is 0 Å². The first-order chi connectivity index (χ1) is 19.1. The molecular weight excluding hydrogens is 632 g/mol. The SMILES string of the molecule is CC(C)(C)c1ccc(OCC(=O)N(Cc2ccc(Br)cc2)[C@H](Cc2ccccc2)C(=O)NC2CCCC2)c(Br)c1. The second-order valence-corrected chi connectivity index (χ2v) is 13.3. The van der Waals surface area contributed by atoms with Gasteiger partial charge >= 0.3 is 0 Å². The van der Waals surface area contributed by atoms with E-state index < -0.39 is 6.04 Å². The highest BCUT2D eigenvalue weighted by Crippen LogP contribution is 2.31. The van der Waals surface area contributed by atoms with Crippen molar-refractivity contribution in [3.8, 4) is 5.75 Å². The number of amides is 2. The van der Waals surface area contributed by atoms with Gasteiger partial charge in [-0.05, 0) is 75.1 Å². The molecule has 0 bridgehead atoms. The molecule has 1 saturated carbocycles. The summed E-state index contributed by atoms with van der Waals surface area (Å²) in [5.74, 6) is 0.245. The Morgan fingerprint density at radius 2 is 1.62 bits per heavy atom. The van der Waals surface area contributed by atoms with Gasteiger partial charge in [-0.15, -0.1) is 0 Å². The molecule has 0 saturated heterocycles. The molecule has 5 nitrogen and oxygen atoms in total. The van der Waals surface area contributed by atoms with Crippen LogP contribution in [0.15, 0.2) is 81.7 Å². The van der Waals surface area contributed by atoms with Crippen LogP contribution in [0.25, 0.3) is 0 Å². The maximum absolute atomic E-state index is 13.9. The van der Waals surface area contributed by atoms with Crippen LogP contribution in [0.3, 0.4) is 0 Å². The summed E-state index contributed by atoms with van der Waals surface area (Å²) in [5, 5.41) is 3.24. The largest absolute Gasteiger partial charge is 0.483 e. The molecule has 0 heterocycles. The summed E-state index contributed by atoms with van der Waals surface area (Å²) in [6.45, 7) is 6.59. The molecule has 2 amide bonds. The summed E-state index contributed by atoms with van der Waals surface area (Å²) >= 11 is 7.11. The molecule has 1 aliphatic carbocycles. The molecule has 1 fully saturated rings. The van der Waals surface area contributed by atoms with Gasteiger partial charge in [0.1, 0.15) is 11.8 Å². The van der Waals surface area contributed by atoms with Crippen LogP contribution in [0.4, 0.5) is 0 Å². The van der Waals surface area contributed by atoms with E-state index in [4.69, 9.17) is 4.74 Å². The first-order valence-corrected chi connectivity index (χ1v) is 15.5. The predicted molar refractivity (Wildman–Crippen MR) is 167 cm³/mol. The third-order valence-corrected chi connectivity index (χ3v) is 8.54. The van der Waals surface area contributed by atoms with Crippen LogP contribution in [-0.2, 0) is 28.0 Å². The van der Waals surface area contributed by atoms with Gasteiger partial charge in [0.25, 0.3) is 5.91 Å². The van der Waals surface area contributed by atoms with E-state index in [9.17, 15) is 9.59 Å². The Kier molecular flexibility index (Phi) is 10.5. The van der Waals surface area contributed by atoms with E-state index in [0.717, 1.165) is 45.8 Å². The number of carbonyl (C=O) groups excluding carboxylic acids is 2. The van der Waals surface area contributed by atoms with Crippen LogP contribution in [0.1, 0.15) is 63.1 Å². The number of benzene rings is 3. The van der Waals surface area contributed by atoms with Gasteiger partial charge in [-0.1, -0.05) is 98.1 Å². The van der Waals surface area contributed by atoms with Crippen LogP contribution in [0.5, 0.6) is 5.75 Å².